The zero-order chi connectivity index (χ0) is 14.9. The highest BCUT2D eigenvalue weighted by atomic mass is 32.2. The molecule has 1 N–H and O–H groups in total. The van der Waals surface area contributed by atoms with Crippen LogP contribution in [0.4, 0.5) is 5.69 Å². The molecule has 0 bridgehead atoms. The Bertz CT molecular complexity index is 577. The molecule has 1 aromatic heterocycles. The third-order valence-corrected chi connectivity index (χ3v) is 6.29. The highest BCUT2D eigenvalue weighted by Gasteiger charge is 2.27. The Labute approximate surface area is 126 Å². The van der Waals surface area contributed by atoms with E-state index in [2.05, 4.69) is 28.3 Å². The van der Waals surface area contributed by atoms with Crippen LogP contribution in [0, 0.1) is 0 Å². The third kappa shape index (κ3) is 3.74. The van der Waals surface area contributed by atoms with Gasteiger partial charge in [-0.25, -0.2) is 8.42 Å². The molecule has 3 rings (SSSR count). The van der Waals surface area contributed by atoms with Crippen molar-refractivity contribution in [2.75, 3.05) is 37.0 Å². The molecule has 1 atom stereocenters. The Balaban J connectivity index is 1.59. The summed E-state index contributed by atoms with van der Waals surface area (Å²) in [7, 11) is -0.675. The number of hydrogen-bond donors (Lipinski definition) is 1. The molecule has 2 aliphatic heterocycles. The van der Waals surface area contributed by atoms with Crippen LogP contribution in [-0.4, -0.2) is 56.0 Å². The van der Waals surface area contributed by atoms with E-state index in [0.717, 1.165) is 37.3 Å². The van der Waals surface area contributed by atoms with Gasteiger partial charge in [0.2, 0.25) is 0 Å². The Morgan fingerprint density at radius 3 is 2.57 bits per heavy atom. The molecule has 2 fully saturated rings. The summed E-state index contributed by atoms with van der Waals surface area (Å²) in [5, 5.41) is 3.28. The molecule has 0 spiro atoms. The van der Waals surface area contributed by atoms with Crippen LogP contribution in [0.2, 0.25) is 0 Å². The first-order chi connectivity index (χ1) is 10.0. The summed E-state index contributed by atoms with van der Waals surface area (Å²) < 4.78 is 22.9. The SMILES string of the molecule is CN1CCC(c2ccc(NC3CCS(=O)(=O)C3)cn2)CC1. The first-order valence-corrected chi connectivity index (χ1v) is 9.45. The first-order valence-electron chi connectivity index (χ1n) is 7.63. The van der Waals surface area contributed by atoms with Crippen molar-refractivity contribution in [1.82, 2.24) is 9.88 Å². The summed E-state index contributed by atoms with van der Waals surface area (Å²) in [6.45, 7) is 2.26. The molecule has 0 aromatic carbocycles. The van der Waals surface area contributed by atoms with Gasteiger partial charge in [-0.15, -0.1) is 0 Å². The molecular formula is C15H23N3O2S. The van der Waals surface area contributed by atoms with Crippen molar-refractivity contribution in [3.63, 3.8) is 0 Å². The standard InChI is InChI=1S/C15H23N3O2S/c1-18-7-4-12(5-8-18)15-3-2-13(10-16-15)17-14-6-9-21(19,20)11-14/h2-3,10,12,14,17H,4-9,11H2,1H3. The number of piperidine rings is 1. The second-order valence-electron chi connectivity index (χ2n) is 6.29. The van der Waals surface area contributed by atoms with E-state index in [4.69, 9.17) is 0 Å². The molecule has 0 radical (unpaired) electrons. The fraction of sp³-hybridized carbons (Fsp3) is 0.667. The molecule has 1 aromatic rings. The van der Waals surface area contributed by atoms with Crippen LogP contribution in [0.25, 0.3) is 0 Å². The Morgan fingerprint density at radius 2 is 2.00 bits per heavy atom. The smallest absolute Gasteiger partial charge is 0.152 e. The molecular weight excluding hydrogens is 286 g/mol. The molecule has 5 nitrogen and oxygen atoms in total. The summed E-state index contributed by atoms with van der Waals surface area (Å²) >= 11 is 0. The summed E-state index contributed by atoms with van der Waals surface area (Å²) in [6.07, 6.45) is 4.87. The van der Waals surface area contributed by atoms with Crippen molar-refractivity contribution in [3.8, 4) is 0 Å². The minimum Gasteiger partial charge on any atom is -0.380 e. The van der Waals surface area contributed by atoms with Gasteiger partial charge >= 0.3 is 0 Å². The Morgan fingerprint density at radius 1 is 1.24 bits per heavy atom. The predicted molar refractivity (Wildman–Crippen MR) is 84.4 cm³/mol. The maximum absolute atomic E-state index is 11.5. The van der Waals surface area contributed by atoms with Gasteiger partial charge in [-0.2, -0.15) is 0 Å². The van der Waals surface area contributed by atoms with Crippen molar-refractivity contribution in [2.45, 2.75) is 31.2 Å². The average molecular weight is 309 g/mol. The summed E-state index contributed by atoms with van der Waals surface area (Å²) in [5.74, 6) is 1.09. The molecule has 116 valence electrons. The van der Waals surface area contributed by atoms with Gasteiger partial charge in [0, 0.05) is 17.7 Å². The average Bonchev–Trinajstić information content (AvgIpc) is 2.80. The molecule has 3 heterocycles. The lowest BCUT2D eigenvalue weighted by atomic mass is 9.93. The van der Waals surface area contributed by atoms with Crippen molar-refractivity contribution >= 4 is 15.5 Å². The van der Waals surface area contributed by atoms with Crippen LogP contribution in [0.5, 0.6) is 0 Å². The minimum absolute atomic E-state index is 0.0333. The normalized spacial score (nSPS) is 26.8. The number of sulfone groups is 1. The van der Waals surface area contributed by atoms with Crippen LogP contribution < -0.4 is 5.32 Å². The fourth-order valence-corrected chi connectivity index (χ4v) is 4.85. The lowest BCUT2D eigenvalue weighted by molar-refractivity contribution is 0.253. The van der Waals surface area contributed by atoms with E-state index in [9.17, 15) is 8.42 Å². The molecule has 21 heavy (non-hydrogen) atoms. The summed E-state index contributed by atoms with van der Waals surface area (Å²) in [5.41, 5.74) is 2.08. The van der Waals surface area contributed by atoms with Gasteiger partial charge in [-0.1, -0.05) is 0 Å². The summed E-state index contributed by atoms with van der Waals surface area (Å²) in [4.78, 5) is 6.93. The number of nitrogens with one attached hydrogen (secondary N) is 1. The molecule has 2 aliphatic rings. The number of likely N-dealkylation sites (tertiary alicyclic amines) is 1. The molecule has 0 aliphatic carbocycles. The van der Waals surface area contributed by atoms with E-state index in [1.54, 1.807) is 0 Å². The molecule has 2 saturated heterocycles. The molecule has 0 saturated carbocycles. The van der Waals surface area contributed by atoms with E-state index in [0.29, 0.717) is 18.1 Å². The monoisotopic (exact) mass is 309 g/mol. The highest BCUT2D eigenvalue weighted by Crippen LogP contribution is 2.27. The van der Waals surface area contributed by atoms with Gasteiger partial charge < -0.3 is 10.2 Å². The molecule has 1 unspecified atom stereocenters. The van der Waals surface area contributed by atoms with Crippen molar-refractivity contribution in [3.05, 3.63) is 24.0 Å². The largest absolute Gasteiger partial charge is 0.380 e. The van der Waals surface area contributed by atoms with Crippen molar-refractivity contribution in [2.24, 2.45) is 0 Å². The van der Waals surface area contributed by atoms with Gasteiger partial charge in [0.15, 0.2) is 9.84 Å². The van der Waals surface area contributed by atoms with Crippen LogP contribution in [0.3, 0.4) is 0 Å². The number of anilines is 1. The van der Waals surface area contributed by atoms with Crippen LogP contribution in [0.15, 0.2) is 18.3 Å². The van der Waals surface area contributed by atoms with E-state index in [1.807, 2.05) is 12.3 Å². The van der Waals surface area contributed by atoms with Gasteiger partial charge in [0.05, 0.1) is 23.4 Å². The highest BCUT2D eigenvalue weighted by molar-refractivity contribution is 7.91. The van der Waals surface area contributed by atoms with Crippen LogP contribution in [0.1, 0.15) is 30.9 Å². The lowest BCUT2D eigenvalue weighted by Gasteiger charge is -2.28. The van der Waals surface area contributed by atoms with Crippen LogP contribution >= 0.6 is 0 Å². The second kappa shape index (κ2) is 5.93. The number of nitrogens with zero attached hydrogens (tertiary/aromatic N) is 2. The van der Waals surface area contributed by atoms with Crippen LogP contribution in [-0.2, 0) is 9.84 Å². The van der Waals surface area contributed by atoms with Crippen molar-refractivity contribution < 1.29 is 8.42 Å². The van der Waals surface area contributed by atoms with Gasteiger partial charge in [0.25, 0.3) is 0 Å². The number of rotatable bonds is 3. The predicted octanol–water partition coefficient (Wildman–Crippen LogP) is 1.49. The lowest BCUT2D eigenvalue weighted by Crippen LogP contribution is -2.29. The fourth-order valence-electron chi connectivity index (χ4n) is 3.18. The summed E-state index contributed by atoms with van der Waals surface area (Å²) in [6, 6.07) is 4.15. The zero-order valence-corrected chi connectivity index (χ0v) is 13.3. The number of aromatic nitrogens is 1. The first kappa shape index (κ1) is 14.8. The minimum atomic E-state index is -2.83. The van der Waals surface area contributed by atoms with Gasteiger partial charge in [0.1, 0.15) is 0 Å². The van der Waals surface area contributed by atoms with Gasteiger partial charge in [-0.05, 0) is 51.5 Å². The van der Waals surface area contributed by atoms with E-state index >= 15 is 0 Å². The van der Waals surface area contributed by atoms with E-state index in [-0.39, 0.29) is 11.8 Å². The molecule has 6 heteroatoms. The third-order valence-electron chi connectivity index (χ3n) is 4.53. The Kier molecular flexibility index (Phi) is 4.17. The maximum Gasteiger partial charge on any atom is 0.152 e. The van der Waals surface area contributed by atoms with E-state index < -0.39 is 9.84 Å². The maximum atomic E-state index is 11.5. The quantitative estimate of drug-likeness (QED) is 0.916. The Hall–Kier alpha value is -1.14. The number of hydrogen-bond acceptors (Lipinski definition) is 5. The van der Waals surface area contributed by atoms with E-state index in [1.165, 1.54) is 0 Å². The second-order valence-corrected chi connectivity index (χ2v) is 8.52. The van der Waals surface area contributed by atoms with Crippen molar-refractivity contribution in [1.29, 1.82) is 0 Å². The topological polar surface area (TPSA) is 62.3 Å². The molecule has 0 amide bonds. The number of pyridine rings is 1. The van der Waals surface area contributed by atoms with Gasteiger partial charge in [-0.3, -0.25) is 4.98 Å². The zero-order valence-electron chi connectivity index (χ0n) is 12.5.